The second kappa shape index (κ2) is 10.2. The number of hydrogen-bond donors (Lipinski definition) is 1. The molecule has 0 bridgehead atoms. The summed E-state index contributed by atoms with van der Waals surface area (Å²) in [7, 11) is 0. The van der Waals surface area contributed by atoms with Gasteiger partial charge in [0.05, 0.1) is 22.8 Å². The van der Waals surface area contributed by atoms with E-state index in [1.807, 2.05) is 53.4 Å². The highest BCUT2D eigenvalue weighted by Gasteiger charge is 2.25. The van der Waals surface area contributed by atoms with Crippen LogP contribution in [-0.4, -0.2) is 51.8 Å². The maximum atomic E-state index is 13.1. The van der Waals surface area contributed by atoms with Crippen LogP contribution in [0.2, 0.25) is 5.02 Å². The number of rotatable bonds is 6. The van der Waals surface area contributed by atoms with E-state index < -0.39 is 0 Å². The van der Waals surface area contributed by atoms with Crippen LogP contribution < -0.4 is 14.8 Å². The first-order chi connectivity index (χ1) is 18.0. The number of fused-ring (bicyclic) bond motifs is 2. The van der Waals surface area contributed by atoms with Crippen molar-refractivity contribution in [2.75, 3.05) is 31.7 Å². The minimum Gasteiger partial charge on any atom is -0.454 e. The van der Waals surface area contributed by atoms with Crippen molar-refractivity contribution in [3.63, 3.8) is 0 Å². The summed E-state index contributed by atoms with van der Waals surface area (Å²) in [6.07, 6.45) is 4.11. The summed E-state index contributed by atoms with van der Waals surface area (Å²) in [5, 5.41) is 8.69. The van der Waals surface area contributed by atoms with Gasteiger partial charge in [0.1, 0.15) is 5.82 Å². The van der Waals surface area contributed by atoms with Crippen LogP contribution in [0.5, 0.6) is 11.5 Å². The van der Waals surface area contributed by atoms with Crippen LogP contribution in [0.15, 0.2) is 59.2 Å². The van der Waals surface area contributed by atoms with E-state index in [-0.39, 0.29) is 12.7 Å². The minimum atomic E-state index is 0.131. The molecule has 4 aromatic rings. The normalized spacial score (nSPS) is 16.8. The largest absolute Gasteiger partial charge is 0.454 e. The Morgan fingerprint density at radius 1 is 1.16 bits per heavy atom. The van der Waals surface area contributed by atoms with Crippen molar-refractivity contribution >= 4 is 44.9 Å². The molecule has 6 rings (SSSR count). The van der Waals surface area contributed by atoms with Gasteiger partial charge in [-0.2, -0.15) is 9.61 Å². The van der Waals surface area contributed by atoms with Gasteiger partial charge in [-0.25, -0.2) is 4.98 Å². The molecule has 0 saturated carbocycles. The molecule has 1 atom stereocenters. The molecular weight excluding hydrogens is 558 g/mol. The summed E-state index contributed by atoms with van der Waals surface area (Å²) in [6.45, 7) is 2.44. The first-order valence-electron chi connectivity index (χ1n) is 12.2. The smallest absolute Gasteiger partial charge is 0.231 e. The third-order valence-electron chi connectivity index (χ3n) is 6.81. The Balaban J connectivity index is 1.15. The highest BCUT2D eigenvalue weighted by Crippen LogP contribution is 2.33. The zero-order valence-electron chi connectivity index (χ0n) is 20.0. The molecule has 190 valence electrons. The molecule has 2 aromatic heterocycles. The number of amides is 1. The van der Waals surface area contributed by atoms with Gasteiger partial charge in [0.25, 0.3) is 0 Å². The quantitative estimate of drug-likeness (QED) is 0.326. The summed E-state index contributed by atoms with van der Waals surface area (Å²) >= 11 is 10.0. The second-order valence-corrected chi connectivity index (χ2v) is 10.6. The molecule has 0 radical (unpaired) electrons. The molecule has 4 heterocycles. The van der Waals surface area contributed by atoms with Gasteiger partial charge in [0, 0.05) is 36.3 Å². The van der Waals surface area contributed by atoms with Gasteiger partial charge in [-0.1, -0.05) is 35.9 Å². The number of nitrogens with one attached hydrogen (secondary N) is 1. The molecule has 0 spiro atoms. The Kier molecular flexibility index (Phi) is 6.65. The lowest BCUT2D eigenvalue weighted by atomic mass is 9.97. The standard InChI is InChI=1S/C27H25BrClN5O3/c28-20-14-31-34-25(12-22(32-27(20)34)19-5-1-2-6-21(19)29)30-13-18-4-3-9-33(15-18)26(35)11-17-7-8-23-24(10-17)37-16-36-23/h1-2,5-8,10,12,14,18,30H,3-4,9,11,13,15-16H2. The van der Waals surface area contributed by atoms with Crippen molar-refractivity contribution in [1.82, 2.24) is 19.5 Å². The molecule has 8 nitrogen and oxygen atoms in total. The fraction of sp³-hybridized carbons (Fsp3) is 0.296. The van der Waals surface area contributed by atoms with Gasteiger partial charge in [-0.05, 0) is 58.5 Å². The summed E-state index contributed by atoms with van der Waals surface area (Å²) in [6, 6.07) is 15.3. The van der Waals surface area contributed by atoms with Crippen LogP contribution >= 0.6 is 27.5 Å². The number of halogens is 2. The average Bonchev–Trinajstić information content (AvgIpc) is 3.54. The number of carbonyl (C=O) groups is 1. The molecule has 2 aliphatic rings. The number of aromatic nitrogens is 3. The van der Waals surface area contributed by atoms with Crippen molar-refractivity contribution in [2.24, 2.45) is 5.92 Å². The molecule has 2 aromatic carbocycles. The molecule has 1 N–H and O–H groups in total. The second-order valence-electron chi connectivity index (χ2n) is 9.33. The predicted molar refractivity (Wildman–Crippen MR) is 145 cm³/mol. The third-order valence-corrected chi connectivity index (χ3v) is 7.70. The van der Waals surface area contributed by atoms with E-state index in [4.69, 9.17) is 26.1 Å². The Labute approximate surface area is 227 Å². The van der Waals surface area contributed by atoms with Gasteiger partial charge < -0.3 is 19.7 Å². The number of likely N-dealkylation sites (tertiary alicyclic amines) is 1. The van der Waals surface area contributed by atoms with Crippen LogP contribution in [0, 0.1) is 5.92 Å². The first-order valence-corrected chi connectivity index (χ1v) is 13.4. The van der Waals surface area contributed by atoms with E-state index in [0.29, 0.717) is 41.8 Å². The van der Waals surface area contributed by atoms with E-state index in [9.17, 15) is 4.79 Å². The van der Waals surface area contributed by atoms with Crippen LogP contribution in [0.25, 0.3) is 16.9 Å². The number of piperidine rings is 1. The van der Waals surface area contributed by atoms with Gasteiger partial charge in [-0.3, -0.25) is 4.79 Å². The topological polar surface area (TPSA) is 81.0 Å². The Morgan fingerprint density at radius 2 is 2.03 bits per heavy atom. The van der Waals surface area contributed by atoms with Crippen molar-refractivity contribution < 1.29 is 14.3 Å². The van der Waals surface area contributed by atoms with Gasteiger partial charge >= 0.3 is 0 Å². The molecule has 0 aliphatic carbocycles. The maximum Gasteiger partial charge on any atom is 0.231 e. The lowest BCUT2D eigenvalue weighted by Gasteiger charge is -2.33. The highest BCUT2D eigenvalue weighted by atomic mass is 79.9. The molecule has 1 amide bonds. The summed E-state index contributed by atoms with van der Waals surface area (Å²) in [5.74, 6) is 2.71. The number of carbonyl (C=O) groups excluding carboxylic acids is 1. The molecule has 2 aliphatic heterocycles. The molecule has 37 heavy (non-hydrogen) atoms. The van der Waals surface area contributed by atoms with Crippen LogP contribution in [0.3, 0.4) is 0 Å². The van der Waals surface area contributed by atoms with E-state index in [1.54, 1.807) is 10.7 Å². The Bertz CT molecular complexity index is 1480. The summed E-state index contributed by atoms with van der Waals surface area (Å²) < 4.78 is 13.4. The lowest BCUT2D eigenvalue weighted by Crippen LogP contribution is -2.42. The zero-order chi connectivity index (χ0) is 25.4. The predicted octanol–water partition coefficient (Wildman–Crippen LogP) is 5.43. The van der Waals surface area contributed by atoms with Crippen LogP contribution in [0.1, 0.15) is 18.4 Å². The van der Waals surface area contributed by atoms with Gasteiger partial charge in [0.2, 0.25) is 12.7 Å². The number of nitrogens with zero attached hydrogens (tertiary/aromatic N) is 4. The van der Waals surface area contributed by atoms with E-state index in [1.165, 1.54) is 0 Å². The monoisotopic (exact) mass is 581 g/mol. The Morgan fingerprint density at radius 3 is 2.92 bits per heavy atom. The maximum absolute atomic E-state index is 13.1. The average molecular weight is 583 g/mol. The number of anilines is 1. The minimum absolute atomic E-state index is 0.131. The van der Waals surface area contributed by atoms with E-state index >= 15 is 0 Å². The van der Waals surface area contributed by atoms with Crippen molar-refractivity contribution in [3.05, 3.63) is 69.8 Å². The summed E-state index contributed by atoms with van der Waals surface area (Å²) in [5.41, 5.74) is 3.28. The summed E-state index contributed by atoms with van der Waals surface area (Å²) in [4.78, 5) is 19.8. The number of ether oxygens (including phenoxy) is 2. The molecule has 1 fully saturated rings. The highest BCUT2D eigenvalue weighted by molar-refractivity contribution is 9.10. The van der Waals surface area contributed by atoms with E-state index in [0.717, 1.165) is 52.2 Å². The number of hydrogen-bond acceptors (Lipinski definition) is 6. The van der Waals surface area contributed by atoms with Crippen LogP contribution in [0.4, 0.5) is 5.82 Å². The van der Waals surface area contributed by atoms with Gasteiger partial charge in [-0.15, -0.1) is 0 Å². The Hall–Kier alpha value is -3.30. The van der Waals surface area contributed by atoms with Crippen molar-refractivity contribution in [2.45, 2.75) is 19.3 Å². The molecular formula is C27H25BrClN5O3. The molecule has 10 heteroatoms. The van der Waals surface area contributed by atoms with Crippen molar-refractivity contribution in [1.29, 1.82) is 0 Å². The fourth-order valence-corrected chi connectivity index (χ4v) is 5.49. The molecule has 1 unspecified atom stereocenters. The number of benzene rings is 2. The lowest BCUT2D eigenvalue weighted by molar-refractivity contribution is -0.132. The SMILES string of the molecule is O=C(Cc1ccc2c(c1)OCO2)N1CCCC(CNc2cc(-c3ccccc3Cl)nc3c(Br)cnn23)C1. The van der Waals surface area contributed by atoms with Crippen LogP contribution in [-0.2, 0) is 11.2 Å². The third kappa shape index (κ3) is 4.98. The van der Waals surface area contributed by atoms with E-state index in [2.05, 4.69) is 26.3 Å². The fourth-order valence-electron chi connectivity index (χ4n) is 4.91. The molecule has 1 saturated heterocycles. The zero-order valence-corrected chi connectivity index (χ0v) is 22.3. The first kappa shape index (κ1) is 24.1. The van der Waals surface area contributed by atoms with Gasteiger partial charge in [0.15, 0.2) is 17.1 Å². The van der Waals surface area contributed by atoms with Crippen molar-refractivity contribution in [3.8, 4) is 22.8 Å².